The first-order chi connectivity index (χ1) is 3.88. The van der Waals surface area contributed by atoms with Crippen LogP contribution >= 0.6 is 8.96 Å². The van der Waals surface area contributed by atoms with E-state index in [0.29, 0.717) is 6.10 Å². The normalized spacial score (nSPS) is 55.9. The van der Waals surface area contributed by atoms with Gasteiger partial charge in [-0.15, -0.1) is 8.96 Å². The molecule has 3 atom stereocenters. The third-order valence-corrected chi connectivity index (χ3v) is 3.08. The second-order valence-electron chi connectivity index (χ2n) is 2.56. The summed E-state index contributed by atoms with van der Waals surface area (Å²) < 4.78 is 6.94. The summed E-state index contributed by atoms with van der Waals surface area (Å²) in [5.41, 5.74) is 0. The highest BCUT2D eigenvalue weighted by molar-refractivity contribution is 7.24. The molecule has 1 saturated carbocycles. The molecule has 2 rings (SSSR count). The van der Waals surface area contributed by atoms with E-state index >= 15 is 0 Å². The number of rotatable bonds is 0. The topological polar surface area (TPSA) is 13.7 Å². The fourth-order valence-electron chi connectivity index (χ4n) is 1.29. The van der Waals surface area contributed by atoms with Gasteiger partial charge in [0, 0.05) is 13.5 Å². The van der Waals surface area contributed by atoms with Crippen molar-refractivity contribution in [2.45, 2.75) is 25.0 Å². The van der Waals surface area contributed by atoms with Gasteiger partial charge >= 0.3 is 0 Å². The van der Waals surface area contributed by atoms with Gasteiger partial charge in [0.2, 0.25) is 0 Å². The van der Waals surface area contributed by atoms with Gasteiger partial charge in [0.05, 0.1) is 12.1 Å². The predicted molar refractivity (Wildman–Crippen MR) is 31.7 cm³/mol. The summed E-state index contributed by atoms with van der Waals surface area (Å²) >= 11 is 0. The van der Waals surface area contributed by atoms with Crippen molar-refractivity contribution in [1.29, 1.82) is 0 Å². The van der Waals surface area contributed by atoms with Crippen molar-refractivity contribution in [2.75, 3.05) is 7.05 Å². The summed E-state index contributed by atoms with van der Waals surface area (Å²) in [5, 5.41) is 0. The summed E-state index contributed by atoms with van der Waals surface area (Å²) in [6.07, 6.45) is 3.30. The second kappa shape index (κ2) is 1.66. The molecule has 1 N–H and O–H groups in total. The van der Waals surface area contributed by atoms with Crippen LogP contribution in [-0.2, 0) is 4.52 Å². The van der Waals surface area contributed by atoms with Crippen molar-refractivity contribution in [3.8, 4) is 0 Å². The van der Waals surface area contributed by atoms with E-state index in [2.05, 4.69) is 7.05 Å². The van der Waals surface area contributed by atoms with Crippen LogP contribution < -0.4 is 4.67 Å². The van der Waals surface area contributed by atoms with E-state index in [1.54, 1.807) is 4.67 Å². The first-order valence-electron chi connectivity index (χ1n) is 3.08. The van der Waals surface area contributed by atoms with Gasteiger partial charge in [-0.3, -0.25) is 0 Å². The smallest absolute Gasteiger partial charge is 0.0880 e. The van der Waals surface area contributed by atoms with E-state index in [-0.39, 0.29) is 0 Å². The number of hydrogen-bond donors (Lipinski definition) is 1. The zero-order valence-electron chi connectivity index (χ0n) is 4.92. The second-order valence-corrected chi connectivity index (χ2v) is 3.66. The van der Waals surface area contributed by atoms with Gasteiger partial charge in [0.1, 0.15) is 0 Å². The molecule has 8 heavy (non-hydrogen) atoms. The van der Waals surface area contributed by atoms with Crippen LogP contribution in [0.1, 0.15) is 12.8 Å². The van der Waals surface area contributed by atoms with Gasteiger partial charge in [-0.2, -0.15) is 0 Å². The largest absolute Gasteiger partial charge is 0.488 e. The highest BCUT2D eigenvalue weighted by atomic mass is 31.1. The monoisotopic (exact) mass is 131 g/mol. The first-order valence-corrected chi connectivity index (χ1v) is 3.89. The maximum Gasteiger partial charge on any atom is 0.0880 e. The molecule has 3 unspecified atom stereocenters. The molecule has 0 aromatic heterocycles. The Morgan fingerprint density at radius 1 is 1.62 bits per heavy atom. The Hall–Kier alpha value is 0.350. The minimum absolute atomic E-state index is 0.622. The molecule has 0 aromatic carbocycles. The van der Waals surface area contributed by atoms with Crippen LogP contribution in [0.3, 0.4) is 0 Å². The van der Waals surface area contributed by atoms with Gasteiger partial charge in [0.15, 0.2) is 0 Å². The lowest BCUT2D eigenvalue weighted by atomic mass is 9.90. The lowest BCUT2D eigenvalue weighted by Gasteiger charge is -2.32. The van der Waals surface area contributed by atoms with Crippen LogP contribution in [0.2, 0.25) is 0 Å². The number of quaternary nitrogens is 1. The molecular formula is C5H10NOP. The molecule has 46 valence electrons. The quantitative estimate of drug-likeness (QED) is 0.451. The third-order valence-electron chi connectivity index (χ3n) is 2.08. The van der Waals surface area contributed by atoms with Crippen molar-refractivity contribution in [2.24, 2.45) is 0 Å². The molecule has 0 bridgehead atoms. The standard InChI is InChI=1S/C5H10NOP/c1-6-4-2-3-5(4)7-8-6/h4-6H,2-3H2,1H3. The van der Waals surface area contributed by atoms with Crippen LogP contribution in [0.4, 0.5) is 0 Å². The van der Waals surface area contributed by atoms with Gasteiger partial charge in [-0.25, -0.2) is 0 Å². The molecule has 0 aromatic rings. The lowest BCUT2D eigenvalue weighted by Crippen LogP contribution is -3.05. The average molecular weight is 131 g/mol. The molecule has 2 aliphatic rings. The van der Waals surface area contributed by atoms with Crippen LogP contribution in [0.15, 0.2) is 0 Å². The van der Waals surface area contributed by atoms with Crippen LogP contribution in [0.5, 0.6) is 0 Å². The Labute approximate surface area is 51.1 Å². The average Bonchev–Trinajstić information content (AvgIpc) is 1.80. The molecule has 1 aliphatic heterocycles. The van der Waals surface area contributed by atoms with E-state index in [1.807, 2.05) is 0 Å². The Kier molecular flexibility index (Phi) is 1.07. The molecule has 2 nitrogen and oxygen atoms in total. The summed E-state index contributed by atoms with van der Waals surface area (Å²) in [5.74, 6) is 0. The van der Waals surface area contributed by atoms with E-state index in [0.717, 1.165) is 15.0 Å². The first kappa shape index (κ1) is 5.16. The summed E-state index contributed by atoms with van der Waals surface area (Å²) in [6, 6.07) is 0.844. The third kappa shape index (κ3) is 0.540. The molecule has 0 radical (unpaired) electrons. The summed E-state index contributed by atoms with van der Waals surface area (Å²) in [6.45, 7) is 0. The van der Waals surface area contributed by atoms with Crippen LogP contribution in [-0.4, -0.2) is 19.2 Å². The highest BCUT2D eigenvalue weighted by Crippen LogP contribution is 2.31. The number of hydrogen-bond acceptors (Lipinski definition) is 1. The van der Waals surface area contributed by atoms with E-state index in [9.17, 15) is 0 Å². The molecule has 0 amide bonds. The Balaban J connectivity index is 2.05. The maximum absolute atomic E-state index is 5.40. The van der Waals surface area contributed by atoms with Crippen molar-refractivity contribution in [3.05, 3.63) is 0 Å². The van der Waals surface area contributed by atoms with Crippen molar-refractivity contribution >= 4 is 8.96 Å². The number of fused-ring (bicyclic) bond motifs is 1. The Bertz CT molecular complexity index is 103. The molecule has 0 spiro atoms. The predicted octanol–water partition coefficient (Wildman–Crippen LogP) is -0.162. The van der Waals surface area contributed by atoms with Gasteiger partial charge in [0.25, 0.3) is 0 Å². The van der Waals surface area contributed by atoms with Crippen LogP contribution in [0, 0.1) is 0 Å². The van der Waals surface area contributed by atoms with Crippen LogP contribution in [0.25, 0.3) is 0 Å². The molecule has 2 fully saturated rings. The van der Waals surface area contributed by atoms with Crippen molar-refractivity contribution < 1.29 is 9.19 Å². The molecule has 1 saturated heterocycles. The lowest BCUT2D eigenvalue weighted by molar-refractivity contribution is -0.772. The molecule has 3 heteroatoms. The number of nitrogens with one attached hydrogen (secondary N) is 1. The SMILES string of the molecule is C[NH+]1[P-]OC2CCC21. The molecular weight excluding hydrogens is 121 g/mol. The highest BCUT2D eigenvalue weighted by Gasteiger charge is 2.37. The Morgan fingerprint density at radius 2 is 2.50 bits per heavy atom. The minimum Gasteiger partial charge on any atom is -0.488 e. The van der Waals surface area contributed by atoms with E-state index in [4.69, 9.17) is 4.52 Å². The van der Waals surface area contributed by atoms with Gasteiger partial charge in [-0.1, -0.05) is 0 Å². The summed E-state index contributed by atoms with van der Waals surface area (Å²) in [7, 11) is 3.36. The Morgan fingerprint density at radius 3 is 2.75 bits per heavy atom. The minimum atomic E-state index is 0.622. The van der Waals surface area contributed by atoms with Gasteiger partial charge < -0.3 is 9.19 Å². The fourth-order valence-corrected chi connectivity index (χ4v) is 2.28. The van der Waals surface area contributed by atoms with Crippen molar-refractivity contribution in [1.82, 2.24) is 0 Å². The number of likely N-dealkylation sites (N-methyl/N-ethyl adjacent to an activating group) is 1. The fraction of sp³-hybridized carbons (Fsp3) is 1.00. The molecule has 1 heterocycles. The zero-order chi connectivity index (χ0) is 5.56. The summed E-state index contributed by atoms with van der Waals surface area (Å²) in [4.78, 5) is 0. The van der Waals surface area contributed by atoms with Gasteiger partial charge in [-0.05, 0) is 6.42 Å². The van der Waals surface area contributed by atoms with E-state index < -0.39 is 0 Å². The van der Waals surface area contributed by atoms with Crippen molar-refractivity contribution in [3.63, 3.8) is 0 Å². The zero-order valence-corrected chi connectivity index (χ0v) is 5.82. The maximum atomic E-state index is 5.40. The van der Waals surface area contributed by atoms with E-state index in [1.165, 1.54) is 12.8 Å². The molecule has 1 aliphatic carbocycles.